The molecule has 0 radical (unpaired) electrons. The first-order valence-electron chi connectivity index (χ1n) is 11.8. The average molecular weight is 470 g/mol. The summed E-state index contributed by atoms with van der Waals surface area (Å²) in [5, 5.41) is 5.86. The second kappa shape index (κ2) is 9.97. The molecule has 178 valence electrons. The molecule has 5 rings (SSSR count). The summed E-state index contributed by atoms with van der Waals surface area (Å²) >= 11 is 0. The zero-order valence-corrected chi connectivity index (χ0v) is 19.3. The van der Waals surface area contributed by atoms with Crippen LogP contribution in [-0.2, 0) is 13.1 Å². The lowest BCUT2D eigenvalue weighted by Crippen LogP contribution is -2.33. The van der Waals surface area contributed by atoms with Gasteiger partial charge in [0.25, 0.3) is 11.8 Å². The number of amides is 4. The maximum Gasteiger partial charge on any atom is 0.322 e. The Kier molecular flexibility index (Phi) is 6.43. The topological polar surface area (TPSA) is 94.6 Å². The Morgan fingerprint density at radius 2 is 1.66 bits per heavy atom. The second-order valence-corrected chi connectivity index (χ2v) is 8.99. The van der Waals surface area contributed by atoms with Gasteiger partial charge in [0.1, 0.15) is 0 Å². The number of nitrogens with one attached hydrogen (secondary N) is 2. The van der Waals surface area contributed by atoms with Crippen LogP contribution in [0.3, 0.4) is 0 Å². The monoisotopic (exact) mass is 469 g/mol. The van der Waals surface area contributed by atoms with Gasteiger partial charge in [0.2, 0.25) is 0 Å². The van der Waals surface area contributed by atoms with Crippen LogP contribution in [0.15, 0.2) is 73.1 Å². The molecule has 3 heterocycles. The largest absolute Gasteiger partial charge is 0.352 e. The Labute approximate surface area is 204 Å². The number of nitrogens with zero attached hydrogens (tertiary/aromatic N) is 3. The summed E-state index contributed by atoms with van der Waals surface area (Å²) in [5.74, 6) is 0.0923. The maximum absolute atomic E-state index is 12.6. The van der Waals surface area contributed by atoms with Crippen molar-refractivity contribution in [2.24, 2.45) is 5.92 Å². The van der Waals surface area contributed by atoms with Crippen LogP contribution in [0, 0.1) is 5.92 Å². The Morgan fingerprint density at radius 1 is 0.886 bits per heavy atom. The molecule has 1 atom stereocenters. The highest BCUT2D eigenvalue weighted by atomic mass is 16.2. The molecule has 0 aliphatic carbocycles. The van der Waals surface area contributed by atoms with Crippen molar-refractivity contribution in [1.82, 2.24) is 20.1 Å². The first-order valence-corrected chi connectivity index (χ1v) is 11.8. The molecule has 2 aromatic carbocycles. The fraction of sp³-hybridized carbons (Fsp3) is 0.259. The van der Waals surface area contributed by atoms with Crippen molar-refractivity contribution in [3.05, 3.63) is 95.3 Å². The molecule has 0 bridgehead atoms. The second-order valence-electron chi connectivity index (χ2n) is 8.99. The number of fused-ring (bicyclic) bond motifs is 1. The molecule has 8 nitrogen and oxygen atoms in total. The van der Waals surface area contributed by atoms with E-state index in [0.29, 0.717) is 49.5 Å². The predicted molar refractivity (Wildman–Crippen MR) is 132 cm³/mol. The number of aromatic nitrogens is 1. The molecular weight excluding hydrogens is 442 g/mol. The normalized spacial score (nSPS) is 16.6. The van der Waals surface area contributed by atoms with E-state index in [0.717, 1.165) is 17.5 Å². The van der Waals surface area contributed by atoms with E-state index in [1.807, 2.05) is 41.3 Å². The molecule has 0 saturated carbocycles. The van der Waals surface area contributed by atoms with Gasteiger partial charge in [-0.15, -0.1) is 0 Å². The van der Waals surface area contributed by atoms with Crippen LogP contribution >= 0.6 is 0 Å². The van der Waals surface area contributed by atoms with E-state index in [-0.39, 0.29) is 23.8 Å². The Bertz CT molecular complexity index is 1200. The Morgan fingerprint density at radius 3 is 2.43 bits per heavy atom. The van der Waals surface area contributed by atoms with E-state index in [1.165, 1.54) is 0 Å². The molecule has 4 amide bonds. The number of urea groups is 1. The van der Waals surface area contributed by atoms with E-state index < -0.39 is 0 Å². The molecule has 8 heteroatoms. The van der Waals surface area contributed by atoms with E-state index in [1.54, 1.807) is 41.6 Å². The summed E-state index contributed by atoms with van der Waals surface area (Å²) in [6.45, 7) is 2.93. The lowest BCUT2D eigenvalue weighted by molar-refractivity contribution is 0.0787. The number of benzene rings is 2. The number of rotatable bonds is 5. The number of hydrogen-bond donors (Lipinski definition) is 2. The number of likely N-dealkylation sites (tertiary alicyclic amines) is 1. The summed E-state index contributed by atoms with van der Waals surface area (Å²) < 4.78 is 0. The third-order valence-electron chi connectivity index (χ3n) is 6.56. The van der Waals surface area contributed by atoms with Gasteiger partial charge in [-0.05, 0) is 65.9 Å². The predicted octanol–water partition coefficient (Wildman–Crippen LogP) is 3.52. The standard InChI is InChI=1S/C27H27N5O3/c33-25(29-14-19-11-13-31(16-19)26(34)21-4-2-1-3-5-21)20-6-8-24(9-7-20)30-27(35)32-17-22-10-12-28-15-23(22)18-32/h1-10,12,15,19H,11,13-14,16-18H2,(H,29,33)(H,30,35)/t19-/m1/s1. The number of carbonyl (C=O) groups is 3. The highest BCUT2D eigenvalue weighted by molar-refractivity contribution is 5.96. The first-order chi connectivity index (χ1) is 17.1. The molecule has 0 unspecified atom stereocenters. The van der Waals surface area contributed by atoms with Crippen LogP contribution in [0.1, 0.15) is 38.3 Å². The molecule has 0 spiro atoms. The lowest BCUT2D eigenvalue weighted by atomic mass is 10.1. The molecule has 35 heavy (non-hydrogen) atoms. The number of hydrogen-bond acceptors (Lipinski definition) is 4. The number of pyridine rings is 1. The van der Waals surface area contributed by atoms with Crippen molar-refractivity contribution in [2.75, 3.05) is 25.0 Å². The summed E-state index contributed by atoms with van der Waals surface area (Å²) in [5.41, 5.74) is 4.02. The minimum Gasteiger partial charge on any atom is -0.352 e. The highest BCUT2D eigenvalue weighted by Crippen LogP contribution is 2.22. The molecular formula is C27H27N5O3. The fourth-order valence-electron chi connectivity index (χ4n) is 4.56. The fourth-order valence-corrected chi connectivity index (χ4v) is 4.56. The van der Waals surface area contributed by atoms with Crippen LogP contribution < -0.4 is 10.6 Å². The Balaban J connectivity index is 1.08. The van der Waals surface area contributed by atoms with E-state index in [4.69, 9.17) is 0 Å². The van der Waals surface area contributed by atoms with Gasteiger partial charge in [0, 0.05) is 61.9 Å². The molecule has 1 saturated heterocycles. The van der Waals surface area contributed by atoms with E-state index in [2.05, 4.69) is 15.6 Å². The van der Waals surface area contributed by atoms with Gasteiger partial charge in [-0.1, -0.05) is 18.2 Å². The van der Waals surface area contributed by atoms with Gasteiger partial charge in [-0.2, -0.15) is 0 Å². The third-order valence-corrected chi connectivity index (χ3v) is 6.56. The molecule has 3 aromatic rings. The van der Waals surface area contributed by atoms with Gasteiger partial charge in [0.05, 0.1) is 0 Å². The smallest absolute Gasteiger partial charge is 0.322 e. The van der Waals surface area contributed by atoms with Crippen molar-refractivity contribution < 1.29 is 14.4 Å². The van der Waals surface area contributed by atoms with Crippen molar-refractivity contribution in [2.45, 2.75) is 19.5 Å². The molecule has 2 N–H and O–H groups in total. The summed E-state index contributed by atoms with van der Waals surface area (Å²) in [7, 11) is 0. The summed E-state index contributed by atoms with van der Waals surface area (Å²) in [6, 6.07) is 17.9. The van der Waals surface area contributed by atoms with Crippen molar-refractivity contribution in [1.29, 1.82) is 0 Å². The van der Waals surface area contributed by atoms with Crippen LogP contribution in [0.4, 0.5) is 10.5 Å². The van der Waals surface area contributed by atoms with Crippen molar-refractivity contribution in [3.63, 3.8) is 0 Å². The number of anilines is 1. The quantitative estimate of drug-likeness (QED) is 0.598. The third kappa shape index (κ3) is 5.16. The van der Waals surface area contributed by atoms with Gasteiger partial charge >= 0.3 is 6.03 Å². The molecule has 2 aliphatic heterocycles. The molecule has 1 fully saturated rings. The van der Waals surface area contributed by atoms with E-state index in [9.17, 15) is 14.4 Å². The highest BCUT2D eigenvalue weighted by Gasteiger charge is 2.27. The summed E-state index contributed by atoms with van der Waals surface area (Å²) in [6.07, 6.45) is 4.39. The lowest BCUT2D eigenvalue weighted by Gasteiger charge is -2.17. The average Bonchev–Trinajstić information content (AvgIpc) is 3.55. The zero-order valence-electron chi connectivity index (χ0n) is 19.3. The van der Waals surface area contributed by atoms with Crippen LogP contribution in [-0.4, -0.2) is 52.3 Å². The molecule has 2 aliphatic rings. The van der Waals surface area contributed by atoms with Crippen LogP contribution in [0.2, 0.25) is 0 Å². The minimum atomic E-state index is -0.186. The SMILES string of the molecule is O=C(NC[C@H]1CCN(C(=O)c2ccccc2)C1)c1ccc(NC(=O)N2Cc3ccncc3C2)cc1. The summed E-state index contributed by atoms with van der Waals surface area (Å²) in [4.78, 5) is 45.5. The van der Waals surface area contributed by atoms with Crippen molar-refractivity contribution >= 4 is 23.5 Å². The first kappa shape index (κ1) is 22.6. The van der Waals surface area contributed by atoms with Gasteiger partial charge in [-0.25, -0.2) is 4.79 Å². The zero-order chi connectivity index (χ0) is 24.2. The Hall–Kier alpha value is -4.20. The van der Waals surface area contributed by atoms with Gasteiger partial charge < -0.3 is 20.4 Å². The maximum atomic E-state index is 12.6. The van der Waals surface area contributed by atoms with Crippen LogP contribution in [0.25, 0.3) is 0 Å². The van der Waals surface area contributed by atoms with Crippen molar-refractivity contribution in [3.8, 4) is 0 Å². The number of carbonyl (C=O) groups excluding carboxylic acids is 3. The van der Waals surface area contributed by atoms with Crippen LogP contribution in [0.5, 0.6) is 0 Å². The van der Waals surface area contributed by atoms with Gasteiger partial charge in [0.15, 0.2) is 0 Å². The minimum absolute atomic E-state index is 0.0338. The van der Waals surface area contributed by atoms with Gasteiger partial charge in [-0.3, -0.25) is 14.6 Å². The van der Waals surface area contributed by atoms with E-state index >= 15 is 0 Å². The molecule has 1 aromatic heterocycles.